The second-order valence-corrected chi connectivity index (χ2v) is 12.5. The van der Waals surface area contributed by atoms with Crippen molar-refractivity contribution < 1.29 is 39.5 Å². The van der Waals surface area contributed by atoms with E-state index in [0.717, 1.165) is 42.0 Å². The number of rotatable bonds is 14. The Morgan fingerprint density at radius 2 is 1.44 bits per heavy atom. The van der Waals surface area contributed by atoms with Crippen LogP contribution in [0, 0.1) is 12.0 Å². The van der Waals surface area contributed by atoms with E-state index in [2.05, 4.69) is 19.9 Å². The predicted octanol–water partition coefficient (Wildman–Crippen LogP) is 1.92. The molecule has 2 aromatic heterocycles. The van der Waals surface area contributed by atoms with E-state index in [1.54, 1.807) is 0 Å². The van der Waals surface area contributed by atoms with Crippen molar-refractivity contribution in [2.75, 3.05) is 23.0 Å². The van der Waals surface area contributed by atoms with Gasteiger partial charge in [0.25, 0.3) is 20.2 Å². The first-order valence-electron chi connectivity index (χ1n) is 9.44. The van der Waals surface area contributed by atoms with Crippen LogP contribution in [-0.2, 0) is 25.0 Å². The van der Waals surface area contributed by atoms with E-state index in [0.29, 0.717) is 0 Å². The smallest absolute Gasteiger partial charge is 0.300 e. The van der Waals surface area contributed by atoms with Crippen LogP contribution in [0.3, 0.4) is 0 Å². The summed E-state index contributed by atoms with van der Waals surface area (Å²) in [6.07, 6.45) is 0.723. The molecule has 0 saturated heterocycles. The van der Waals surface area contributed by atoms with E-state index in [1.807, 2.05) is 0 Å². The zero-order valence-corrected chi connectivity index (χ0v) is 20.6. The average Bonchev–Trinajstić information content (AvgIpc) is 2.70. The van der Waals surface area contributed by atoms with Crippen molar-refractivity contribution in [1.82, 2.24) is 19.9 Å². The zero-order valence-electron chi connectivity index (χ0n) is 17.3. The minimum absolute atomic E-state index is 0.0580. The number of aromatic nitrogens is 4. The predicted molar refractivity (Wildman–Crippen MR) is 121 cm³/mol. The summed E-state index contributed by atoms with van der Waals surface area (Å²) < 4.78 is 89.0. The average molecular weight is 559 g/mol. The Labute approximate surface area is 203 Å². The molecular weight excluding hydrogens is 538 g/mol. The van der Waals surface area contributed by atoms with Gasteiger partial charge in [-0.25, -0.2) is 19.9 Å². The molecule has 0 bridgehead atoms. The van der Waals surface area contributed by atoms with Crippen LogP contribution in [-0.4, -0.2) is 74.7 Å². The number of Topliss-reactive ketones (excluding diaryl/α,β-unsaturated/α-hetero) is 1. The fourth-order valence-electron chi connectivity index (χ4n) is 2.59. The van der Waals surface area contributed by atoms with E-state index < -0.39 is 60.1 Å². The molecule has 2 heterocycles. The van der Waals surface area contributed by atoms with Gasteiger partial charge in [-0.2, -0.15) is 37.4 Å². The zero-order chi connectivity index (χ0) is 25.4. The van der Waals surface area contributed by atoms with Crippen molar-refractivity contribution in [2.45, 2.75) is 23.3 Å². The molecule has 2 rings (SSSR count). The van der Waals surface area contributed by atoms with Gasteiger partial charge in [0.05, 0.1) is 27.7 Å². The van der Waals surface area contributed by atoms with Gasteiger partial charge < -0.3 is 0 Å². The molecule has 2 unspecified atom stereocenters. The molecule has 0 spiro atoms. The van der Waals surface area contributed by atoms with Gasteiger partial charge in [0.1, 0.15) is 11.6 Å². The molecule has 0 amide bonds. The molecule has 0 aliphatic carbocycles. The third-order valence-electron chi connectivity index (χ3n) is 4.05. The number of hydrogen-bond acceptors (Lipinski definition) is 11. The summed E-state index contributed by atoms with van der Waals surface area (Å²) in [4.78, 5) is 27.4. The lowest BCUT2D eigenvalue weighted by Gasteiger charge is -2.18. The van der Waals surface area contributed by atoms with Crippen LogP contribution in [0.1, 0.15) is 34.9 Å². The minimum Gasteiger partial charge on any atom is -0.300 e. The van der Waals surface area contributed by atoms with Gasteiger partial charge in [0.2, 0.25) is 5.95 Å². The van der Waals surface area contributed by atoms with E-state index in [9.17, 15) is 30.4 Å². The topological polar surface area (TPSA) is 177 Å². The van der Waals surface area contributed by atoms with Gasteiger partial charge >= 0.3 is 6.08 Å². The van der Waals surface area contributed by atoms with Crippen LogP contribution < -0.4 is 0 Å². The first-order chi connectivity index (χ1) is 15.8. The van der Waals surface area contributed by atoms with Crippen LogP contribution in [0.4, 0.5) is 8.78 Å². The maximum atomic E-state index is 13.6. The molecule has 0 saturated carbocycles. The third kappa shape index (κ3) is 11.1. The first-order valence-corrected chi connectivity index (χ1v) is 14.8. The summed E-state index contributed by atoms with van der Waals surface area (Å²) in [7, 11) is -8.52. The quantitative estimate of drug-likeness (QED) is 0.195. The van der Waals surface area contributed by atoms with Crippen LogP contribution in [0.25, 0.3) is 0 Å². The number of ketones is 1. The van der Waals surface area contributed by atoms with Crippen LogP contribution >= 0.6 is 23.5 Å². The lowest BCUT2D eigenvalue weighted by molar-refractivity contribution is -0.119. The van der Waals surface area contributed by atoms with Crippen molar-refractivity contribution in [3.05, 3.63) is 48.1 Å². The highest BCUT2D eigenvalue weighted by Crippen LogP contribution is 2.35. The lowest BCUT2D eigenvalue weighted by atomic mass is 10.1. The molecule has 2 aromatic rings. The van der Waals surface area contributed by atoms with E-state index in [4.69, 9.17) is 9.11 Å². The van der Waals surface area contributed by atoms with Crippen molar-refractivity contribution in [2.24, 2.45) is 0 Å². The summed E-state index contributed by atoms with van der Waals surface area (Å²) in [5.41, 5.74) is 0.124. The molecule has 0 aliphatic rings. The normalized spacial score (nSPS) is 14.0. The summed E-state index contributed by atoms with van der Waals surface area (Å²) in [5, 5.41) is -1.64. The Morgan fingerprint density at radius 1 is 0.882 bits per heavy atom. The van der Waals surface area contributed by atoms with Gasteiger partial charge in [0, 0.05) is 42.8 Å². The number of thioether (sulfide) groups is 2. The fourth-order valence-corrected chi connectivity index (χ4v) is 6.79. The van der Waals surface area contributed by atoms with Crippen LogP contribution in [0.2, 0.25) is 0 Å². The van der Waals surface area contributed by atoms with E-state index in [-0.39, 0.29) is 35.9 Å². The summed E-state index contributed by atoms with van der Waals surface area (Å²) >= 11 is 1.89. The maximum Gasteiger partial charge on any atom is 0.308 e. The monoisotopic (exact) mass is 558 g/mol. The first kappa shape index (κ1) is 28.4. The van der Waals surface area contributed by atoms with Gasteiger partial charge in [-0.3, -0.25) is 13.9 Å². The maximum absolute atomic E-state index is 13.6. The second-order valence-electron chi connectivity index (χ2n) is 6.73. The highest BCUT2D eigenvalue weighted by Gasteiger charge is 2.25. The van der Waals surface area contributed by atoms with Gasteiger partial charge in [0.15, 0.2) is 0 Å². The molecule has 0 radical (unpaired) electrons. The Bertz CT molecular complexity index is 1110. The summed E-state index contributed by atoms with van der Waals surface area (Å²) in [6, 6.07) is 2.35. The van der Waals surface area contributed by atoms with Crippen molar-refractivity contribution in [1.29, 1.82) is 0 Å². The number of halogens is 2. The molecule has 188 valence electrons. The molecule has 0 fully saturated rings. The summed E-state index contributed by atoms with van der Waals surface area (Å²) in [6.45, 7) is 0. The minimum atomic E-state index is -4.26. The molecule has 2 N–H and O–H groups in total. The van der Waals surface area contributed by atoms with Crippen LogP contribution in [0.15, 0.2) is 24.5 Å². The van der Waals surface area contributed by atoms with Gasteiger partial charge in [-0.1, -0.05) is 0 Å². The number of carbonyl (C=O) groups is 1. The lowest BCUT2D eigenvalue weighted by Crippen LogP contribution is -2.15. The molecule has 0 aromatic carbocycles. The van der Waals surface area contributed by atoms with Crippen LogP contribution in [0.5, 0.6) is 0 Å². The molecule has 2 atom stereocenters. The van der Waals surface area contributed by atoms with Crippen molar-refractivity contribution in [3.63, 3.8) is 0 Å². The molecular formula is C17H20F2N4O7S4. The summed E-state index contributed by atoms with van der Waals surface area (Å²) in [5.74, 6) is -2.78. The highest BCUT2D eigenvalue weighted by atomic mass is 32.2. The van der Waals surface area contributed by atoms with Crippen molar-refractivity contribution in [3.8, 4) is 0 Å². The van der Waals surface area contributed by atoms with Crippen molar-refractivity contribution >= 4 is 49.5 Å². The Morgan fingerprint density at radius 3 is 2.00 bits per heavy atom. The Balaban J connectivity index is 2.17. The number of nitrogens with zero attached hydrogens (tertiary/aromatic N) is 4. The molecule has 17 heteroatoms. The van der Waals surface area contributed by atoms with Gasteiger partial charge in [-0.15, -0.1) is 11.8 Å². The standard InChI is InChI=1S/C17H20F2N4O7S4/c18-15-2-4-20-16(23-15)14(32-6-8-34(28,29)30)10-11(24)9-13(31-5-7-33(25,26)27)12-1-3-21-17(19)22-12/h1-4,13-14H,5-10H2,(H,25,26,27)(H,28,29,30). The largest absolute Gasteiger partial charge is 0.308 e. The second kappa shape index (κ2) is 12.8. The van der Waals surface area contributed by atoms with E-state index in [1.165, 1.54) is 6.07 Å². The molecule has 34 heavy (non-hydrogen) atoms. The SMILES string of the molecule is O=C(CC(SCCS(=O)(=O)O)c1ccnc(F)n1)CC(SCCS(=O)(=O)O)c1nccc(F)n1. The third-order valence-corrected chi connectivity index (χ3v) is 8.48. The van der Waals surface area contributed by atoms with E-state index >= 15 is 0 Å². The highest BCUT2D eigenvalue weighted by molar-refractivity contribution is 8.00. The fraction of sp³-hybridized carbons (Fsp3) is 0.471. The van der Waals surface area contributed by atoms with Gasteiger partial charge in [-0.05, 0) is 6.07 Å². The Kier molecular flexibility index (Phi) is 10.7. The molecule has 11 nitrogen and oxygen atoms in total. The number of hydrogen-bond donors (Lipinski definition) is 2. The Hall–Kier alpha value is -1.79. The molecule has 0 aliphatic heterocycles. The number of carbonyl (C=O) groups excluding carboxylic acids is 1.